The van der Waals surface area contributed by atoms with Crippen LogP contribution in [0.5, 0.6) is 5.75 Å². The summed E-state index contributed by atoms with van der Waals surface area (Å²) in [6, 6.07) is 3.67. The van der Waals surface area contributed by atoms with Crippen molar-refractivity contribution in [1.29, 1.82) is 0 Å². The van der Waals surface area contributed by atoms with E-state index >= 15 is 0 Å². The largest absolute Gasteiger partial charge is 0.480 e. The zero-order valence-corrected chi connectivity index (χ0v) is 16.4. The topological polar surface area (TPSA) is 71.8 Å². The maximum Gasteiger partial charge on any atom is 0.339 e. The normalized spacial score (nSPS) is 12.4. The Kier molecular flexibility index (Phi) is 6.42. The van der Waals surface area contributed by atoms with Crippen molar-refractivity contribution >= 4 is 16.9 Å². The molecule has 0 saturated heterocycles. The van der Waals surface area contributed by atoms with Crippen LogP contribution in [-0.4, -0.2) is 44.1 Å². The molecule has 0 aliphatic rings. The second-order valence-electron chi connectivity index (χ2n) is 6.98. The summed E-state index contributed by atoms with van der Waals surface area (Å²) in [5.41, 5.74) is 2.39. The van der Waals surface area contributed by atoms with Gasteiger partial charge < -0.3 is 19.4 Å². The quantitative estimate of drug-likeness (QED) is 0.607. The van der Waals surface area contributed by atoms with Gasteiger partial charge in [0.05, 0.1) is 5.39 Å². The van der Waals surface area contributed by atoms with Gasteiger partial charge in [-0.15, -0.1) is 0 Å². The minimum atomic E-state index is -0.647. The van der Waals surface area contributed by atoms with Gasteiger partial charge in [0, 0.05) is 12.1 Å². The van der Waals surface area contributed by atoms with Gasteiger partial charge in [0.15, 0.2) is 6.10 Å². The molecule has 0 aliphatic carbocycles. The van der Waals surface area contributed by atoms with Gasteiger partial charge in [-0.05, 0) is 78.0 Å². The first-order valence-electron chi connectivity index (χ1n) is 8.84. The Hall–Kier alpha value is -2.34. The predicted octanol–water partition coefficient (Wildman–Crippen LogP) is 2.55. The minimum Gasteiger partial charge on any atom is -0.480 e. The standard InChI is InChI=1S/C20H28N2O4/c1-12-10-16(18-13(2)14(3)20(24)26-17(18)11-12)25-15(4)19(23)21-8-7-9-22(5)6/h10-11,15H,7-9H2,1-6H3,(H,21,23). The molecule has 0 aliphatic heterocycles. The number of amides is 1. The van der Waals surface area contributed by atoms with E-state index in [1.807, 2.05) is 40.1 Å². The Bertz CT molecular complexity index is 855. The van der Waals surface area contributed by atoms with E-state index in [-0.39, 0.29) is 11.5 Å². The molecule has 2 aromatic rings. The molecule has 0 spiro atoms. The van der Waals surface area contributed by atoms with Gasteiger partial charge in [0.25, 0.3) is 5.91 Å². The Morgan fingerprint density at radius 3 is 2.58 bits per heavy atom. The molecule has 1 aromatic carbocycles. The van der Waals surface area contributed by atoms with Crippen molar-refractivity contribution in [2.24, 2.45) is 0 Å². The maximum atomic E-state index is 12.3. The number of carbonyl (C=O) groups is 1. The summed E-state index contributed by atoms with van der Waals surface area (Å²) in [5.74, 6) is 0.394. The SMILES string of the molecule is Cc1cc(OC(C)C(=O)NCCCN(C)C)c2c(C)c(C)c(=O)oc2c1. The van der Waals surface area contributed by atoms with Crippen molar-refractivity contribution in [3.8, 4) is 5.75 Å². The predicted molar refractivity (Wildman–Crippen MR) is 103 cm³/mol. The summed E-state index contributed by atoms with van der Waals surface area (Å²) in [6.07, 6.45) is 0.230. The molecule has 0 radical (unpaired) electrons. The van der Waals surface area contributed by atoms with Crippen molar-refractivity contribution in [1.82, 2.24) is 10.2 Å². The van der Waals surface area contributed by atoms with Gasteiger partial charge in [-0.3, -0.25) is 4.79 Å². The molecule has 1 atom stereocenters. The molecule has 6 nitrogen and oxygen atoms in total. The van der Waals surface area contributed by atoms with E-state index in [4.69, 9.17) is 9.15 Å². The number of hydrogen-bond donors (Lipinski definition) is 1. The van der Waals surface area contributed by atoms with E-state index in [2.05, 4.69) is 10.2 Å². The second-order valence-corrected chi connectivity index (χ2v) is 6.98. The summed E-state index contributed by atoms with van der Waals surface area (Å²) in [4.78, 5) is 26.3. The fourth-order valence-electron chi connectivity index (χ4n) is 2.78. The fourth-order valence-corrected chi connectivity index (χ4v) is 2.78. The molecular formula is C20H28N2O4. The molecule has 6 heteroatoms. The summed E-state index contributed by atoms with van der Waals surface area (Å²) in [7, 11) is 4.00. The summed E-state index contributed by atoms with van der Waals surface area (Å²) in [6.45, 7) is 8.72. The van der Waals surface area contributed by atoms with Crippen LogP contribution in [0, 0.1) is 20.8 Å². The maximum absolute atomic E-state index is 12.3. The lowest BCUT2D eigenvalue weighted by molar-refractivity contribution is -0.127. The van der Waals surface area contributed by atoms with Crippen LogP contribution in [0.2, 0.25) is 0 Å². The summed E-state index contributed by atoms with van der Waals surface area (Å²) in [5, 5.41) is 3.63. The average Bonchev–Trinajstić information content (AvgIpc) is 2.55. The van der Waals surface area contributed by atoms with Crippen LogP contribution < -0.4 is 15.7 Å². The first-order valence-corrected chi connectivity index (χ1v) is 8.84. The van der Waals surface area contributed by atoms with Crippen LogP contribution in [0.4, 0.5) is 0 Å². The van der Waals surface area contributed by atoms with E-state index in [1.165, 1.54) is 0 Å². The lowest BCUT2D eigenvalue weighted by Crippen LogP contribution is -2.37. The van der Waals surface area contributed by atoms with E-state index in [0.29, 0.717) is 23.4 Å². The van der Waals surface area contributed by atoms with E-state index < -0.39 is 6.10 Å². The number of nitrogens with zero attached hydrogens (tertiary/aromatic N) is 1. The summed E-state index contributed by atoms with van der Waals surface area (Å²) >= 11 is 0. The number of carbonyl (C=O) groups excluding carboxylic acids is 1. The van der Waals surface area contributed by atoms with Gasteiger partial charge in [0.1, 0.15) is 11.3 Å². The number of ether oxygens (including phenoxy) is 1. The smallest absolute Gasteiger partial charge is 0.339 e. The van der Waals surface area contributed by atoms with Crippen LogP contribution in [0.3, 0.4) is 0 Å². The van der Waals surface area contributed by atoms with Crippen LogP contribution in [0.1, 0.15) is 30.0 Å². The van der Waals surface area contributed by atoms with Gasteiger partial charge in [-0.2, -0.15) is 0 Å². The molecule has 0 saturated carbocycles. The zero-order valence-electron chi connectivity index (χ0n) is 16.4. The van der Waals surface area contributed by atoms with Crippen LogP contribution in [0.15, 0.2) is 21.3 Å². The zero-order chi connectivity index (χ0) is 19.4. The van der Waals surface area contributed by atoms with Crippen molar-refractivity contribution in [2.45, 2.75) is 40.2 Å². The number of aryl methyl sites for hydroxylation is 2. The average molecular weight is 360 g/mol. The Labute approximate surface area is 154 Å². The third-order valence-corrected chi connectivity index (χ3v) is 4.41. The molecule has 2 rings (SSSR count). The third kappa shape index (κ3) is 4.64. The monoisotopic (exact) mass is 360 g/mol. The molecule has 0 fully saturated rings. The molecular weight excluding hydrogens is 332 g/mol. The van der Waals surface area contributed by atoms with E-state index in [9.17, 15) is 9.59 Å². The molecule has 26 heavy (non-hydrogen) atoms. The molecule has 1 unspecified atom stereocenters. The molecule has 1 N–H and O–H groups in total. The highest BCUT2D eigenvalue weighted by molar-refractivity contribution is 5.89. The molecule has 1 aromatic heterocycles. The number of nitrogens with one attached hydrogen (secondary N) is 1. The van der Waals surface area contributed by atoms with E-state index in [1.54, 1.807) is 13.8 Å². The lowest BCUT2D eigenvalue weighted by Gasteiger charge is -2.18. The first kappa shape index (κ1) is 20.0. The summed E-state index contributed by atoms with van der Waals surface area (Å²) < 4.78 is 11.3. The molecule has 142 valence electrons. The van der Waals surface area contributed by atoms with Crippen LogP contribution >= 0.6 is 0 Å². The van der Waals surface area contributed by atoms with Crippen molar-refractivity contribution in [3.63, 3.8) is 0 Å². The number of fused-ring (bicyclic) bond motifs is 1. The molecule has 0 bridgehead atoms. The van der Waals surface area contributed by atoms with Gasteiger partial charge in [-0.25, -0.2) is 4.79 Å². The molecule has 1 heterocycles. The first-order chi connectivity index (χ1) is 12.2. The van der Waals surface area contributed by atoms with E-state index in [0.717, 1.165) is 29.5 Å². The van der Waals surface area contributed by atoms with Crippen LogP contribution in [-0.2, 0) is 4.79 Å². The Morgan fingerprint density at radius 1 is 1.23 bits per heavy atom. The Morgan fingerprint density at radius 2 is 1.92 bits per heavy atom. The van der Waals surface area contributed by atoms with Gasteiger partial charge in [0.2, 0.25) is 0 Å². The van der Waals surface area contributed by atoms with Gasteiger partial charge in [-0.1, -0.05) is 0 Å². The number of hydrogen-bond acceptors (Lipinski definition) is 5. The van der Waals surface area contributed by atoms with Crippen LogP contribution in [0.25, 0.3) is 11.0 Å². The second kappa shape index (κ2) is 8.36. The van der Waals surface area contributed by atoms with Crippen molar-refractivity contribution in [2.75, 3.05) is 27.2 Å². The Balaban J connectivity index is 2.20. The van der Waals surface area contributed by atoms with Crippen molar-refractivity contribution in [3.05, 3.63) is 39.2 Å². The minimum absolute atomic E-state index is 0.162. The van der Waals surface area contributed by atoms with Crippen molar-refractivity contribution < 1.29 is 13.9 Å². The number of benzene rings is 1. The highest BCUT2D eigenvalue weighted by Gasteiger charge is 2.19. The number of rotatable bonds is 7. The highest BCUT2D eigenvalue weighted by Crippen LogP contribution is 2.31. The highest BCUT2D eigenvalue weighted by atomic mass is 16.5. The fraction of sp³-hybridized carbons (Fsp3) is 0.500. The molecule has 1 amide bonds. The van der Waals surface area contributed by atoms with Gasteiger partial charge >= 0.3 is 5.63 Å². The lowest BCUT2D eigenvalue weighted by atomic mass is 10.0. The third-order valence-electron chi connectivity index (χ3n) is 4.41.